The summed E-state index contributed by atoms with van der Waals surface area (Å²) in [5.74, 6) is 7.38. The Balaban J connectivity index is 2.01. The van der Waals surface area contributed by atoms with E-state index in [-0.39, 0.29) is 5.95 Å². The Bertz CT molecular complexity index is 560. The molecule has 0 atom stereocenters. The van der Waals surface area contributed by atoms with Crippen molar-refractivity contribution in [2.45, 2.75) is 6.42 Å². The van der Waals surface area contributed by atoms with Gasteiger partial charge in [0.2, 0.25) is 5.95 Å². The number of nitrogens with zero attached hydrogens (tertiary/aromatic N) is 2. The van der Waals surface area contributed by atoms with Crippen molar-refractivity contribution in [1.82, 2.24) is 9.66 Å². The average molecular weight is 246 g/mol. The van der Waals surface area contributed by atoms with Crippen LogP contribution in [0, 0.1) is 0 Å². The van der Waals surface area contributed by atoms with Gasteiger partial charge < -0.3 is 21.1 Å². The fraction of sp³-hybridized carbons (Fsp3) is 0.250. The smallest absolute Gasteiger partial charge is 0.219 e. The fourth-order valence-corrected chi connectivity index (χ4v) is 1.87. The zero-order valence-electron chi connectivity index (χ0n) is 9.80. The van der Waals surface area contributed by atoms with Crippen LogP contribution in [0.3, 0.4) is 0 Å². The van der Waals surface area contributed by atoms with E-state index >= 15 is 0 Å². The van der Waals surface area contributed by atoms with Crippen molar-refractivity contribution in [2.75, 3.05) is 24.8 Å². The minimum atomic E-state index is 0.275. The van der Waals surface area contributed by atoms with Crippen molar-refractivity contribution in [2.24, 2.45) is 0 Å². The van der Waals surface area contributed by atoms with E-state index in [2.05, 4.69) is 4.98 Å². The van der Waals surface area contributed by atoms with Crippen LogP contribution < -0.4 is 21.1 Å². The molecule has 0 saturated heterocycles. The molecule has 0 amide bonds. The van der Waals surface area contributed by atoms with E-state index in [0.717, 1.165) is 23.5 Å². The normalized spacial score (nSPS) is 14.2. The van der Waals surface area contributed by atoms with Crippen molar-refractivity contribution in [3.05, 3.63) is 24.4 Å². The van der Waals surface area contributed by atoms with Crippen LogP contribution >= 0.6 is 0 Å². The molecule has 0 aliphatic carbocycles. The largest absolute Gasteiger partial charge is 0.490 e. The Morgan fingerprint density at radius 2 is 1.94 bits per heavy atom. The molecule has 0 fully saturated rings. The molecule has 0 unspecified atom stereocenters. The maximum absolute atomic E-state index is 5.63. The topological polar surface area (TPSA) is 88.3 Å². The molecule has 6 nitrogen and oxygen atoms in total. The first-order chi connectivity index (χ1) is 8.74. The van der Waals surface area contributed by atoms with E-state index in [1.807, 2.05) is 18.2 Å². The third-order valence-corrected chi connectivity index (χ3v) is 2.80. The number of benzene rings is 1. The Morgan fingerprint density at radius 3 is 2.67 bits per heavy atom. The highest BCUT2D eigenvalue weighted by Gasteiger charge is 2.13. The summed E-state index contributed by atoms with van der Waals surface area (Å²) in [6.07, 6.45) is 2.56. The predicted octanol–water partition coefficient (Wildman–Crippen LogP) is 1.01. The molecule has 2 aromatic rings. The number of nitrogens with two attached hydrogens (primary N) is 2. The summed E-state index contributed by atoms with van der Waals surface area (Å²) in [6.45, 7) is 1.33. The van der Waals surface area contributed by atoms with E-state index in [4.69, 9.17) is 21.1 Å². The molecule has 3 rings (SSSR count). The monoisotopic (exact) mass is 246 g/mol. The third-order valence-electron chi connectivity index (χ3n) is 2.80. The third kappa shape index (κ3) is 1.81. The van der Waals surface area contributed by atoms with E-state index in [1.165, 1.54) is 4.68 Å². The highest BCUT2D eigenvalue weighted by molar-refractivity contribution is 5.65. The molecule has 1 aliphatic heterocycles. The van der Waals surface area contributed by atoms with Gasteiger partial charge in [-0.05, 0) is 18.2 Å². The van der Waals surface area contributed by atoms with Crippen molar-refractivity contribution in [1.29, 1.82) is 0 Å². The van der Waals surface area contributed by atoms with Crippen LogP contribution in [0.4, 0.5) is 5.95 Å². The minimum absolute atomic E-state index is 0.275. The standard InChI is InChI=1S/C12H14N4O2/c13-12-15-9(7-16(12)14)8-2-3-10-11(6-8)18-5-1-4-17-10/h2-3,6-7H,1,4-5,14H2,(H2,13,15). The Hall–Kier alpha value is -2.37. The first-order valence-electron chi connectivity index (χ1n) is 5.74. The van der Waals surface area contributed by atoms with Crippen LogP contribution in [0.1, 0.15) is 6.42 Å². The Kier molecular flexibility index (Phi) is 2.47. The van der Waals surface area contributed by atoms with Crippen LogP contribution in [0.2, 0.25) is 0 Å². The van der Waals surface area contributed by atoms with Gasteiger partial charge in [0.1, 0.15) is 0 Å². The molecular weight excluding hydrogens is 232 g/mol. The molecule has 6 heteroatoms. The lowest BCUT2D eigenvalue weighted by atomic mass is 10.1. The van der Waals surface area contributed by atoms with Gasteiger partial charge in [-0.3, -0.25) is 0 Å². The van der Waals surface area contributed by atoms with Crippen LogP contribution in [0.25, 0.3) is 11.3 Å². The number of hydrogen-bond donors (Lipinski definition) is 2. The molecule has 1 aromatic carbocycles. The van der Waals surface area contributed by atoms with Crippen LogP contribution in [-0.2, 0) is 0 Å². The molecule has 1 aromatic heterocycles. The molecule has 4 N–H and O–H groups in total. The predicted molar refractivity (Wildman–Crippen MR) is 67.8 cm³/mol. The van der Waals surface area contributed by atoms with Gasteiger partial charge in [0, 0.05) is 12.0 Å². The lowest BCUT2D eigenvalue weighted by Crippen LogP contribution is -2.09. The zero-order valence-corrected chi connectivity index (χ0v) is 9.80. The first-order valence-corrected chi connectivity index (χ1v) is 5.74. The lowest BCUT2D eigenvalue weighted by molar-refractivity contribution is 0.297. The maximum Gasteiger partial charge on any atom is 0.219 e. The second-order valence-corrected chi connectivity index (χ2v) is 4.10. The van der Waals surface area contributed by atoms with E-state index in [1.54, 1.807) is 6.20 Å². The summed E-state index contributed by atoms with van der Waals surface area (Å²) in [6, 6.07) is 5.68. The van der Waals surface area contributed by atoms with Crippen molar-refractivity contribution in [3.8, 4) is 22.8 Å². The van der Waals surface area contributed by atoms with Gasteiger partial charge in [-0.2, -0.15) is 0 Å². The Morgan fingerprint density at radius 1 is 1.17 bits per heavy atom. The number of imidazole rings is 1. The van der Waals surface area contributed by atoms with E-state index in [9.17, 15) is 0 Å². The average Bonchev–Trinajstić information content (AvgIpc) is 2.60. The molecule has 0 saturated carbocycles. The molecule has 94 valence electrons. The van der Waals surface area contributed by atoms with Gasteiger partial charge in [0.25, 0.3) is 0 Å². The van der Waals surface area contributed by atoms with Crippen LogP contribution in [0.15, 0.2) is 24.4 Å². The number of nitrogen functional groups attached to an aromatic ring is 2. The number of fused-ring (bicyclic) bond motifs is 1. The van der Waals surface area contributed by atoms with Crippen LogP contribution in [-0.4, -0.2) is 22.9 Å². The van der Waals surface area contributed by atoms with E-state index < -0.39 is 0 Å². The molecule has 0 spiro atoms. The lowest BCUT2D eigenvalue weighted by Gasteiger charge is -2.07. The molecule has 0 radical (unpaired) electrons. The second kappa shape index (κ2) is 4.14. The maximum atomic E-state index is 5.63. The van der Waals surface area contributed by atoms with Crippen molar-refractivity contribution < 1.29 is 9.47 Å². The van der Waals surface area contributed by atoms with Gasteiger partial charge in [-0.15, -0.1) is 0 Å². The van der Waals surface area contributed by atoms with Gasteiger partial charge in [0.05, 0.1) is 25.1 Å². The highest BCUT2D eigenvalue weighted by atomic mass is 16.5. The summed E-state index contributed by atoms with van der Waals surface area (Å²) < 4.78 is 12.5. The summed E-state index contributed by atoms with van der Waals surface area (Å²) in [5, 5.41) is 0. The zero-order chi connectivity index (χ0) is 12.5. The van der Waals surface area contributed by atoms with Gasteiger partial charge >= 0.3 is 0 Å². The Labute approximate surface area is 104 Å². The van der Waals surface area contributed by atoms with Gasteiger partial charge in [-0.1, -0.05) is 0 Å². The number of aromatic nitrogens is 2. The SMILES string of the molecule is Nc1nc(-c2ccc3c(c2)OCCCO3)cn1N. The van der Waals surface area contributed by atoms with E-state index in [0.29, 0.717) is 18.9 Å². The van der Waals surface area contributed by atoms with Crippen LogP contribution in [0.5, 0.6) is 11.5 Å². The first kappa shape index (κ1) is 10.8. The number of anilines is 1. The molecule has 2 heterocycles. The summed E-state index contributed by atoms with van der Waals surface area (Å²) in [4.78, 5) is 4.17. The van der Waals surface area contributed by atoms with Gasteiger partial charge in [0.15, 0.2) is 11.5 Å². The highest BCUT2D eigenvalue weighted by Crippen LogP contribution is 2.33. The number of rotatable bonds is 1. The van der Waals surface area contributed by atoms with Gasteiger partial charge in [-0.25, -0.2) is 9.66 Å². The number of ether oxygens (including phenoxy) is 2. The summed E-state index contributed by atoms with van der Waals surface area (Å²) in [7, 11) is 0. The summed E-state index contributed by atoms with van der Waals surface area (Å²) in [5.41, 5.74) is 7.22. The fourth-order valence-electron chi connectivity index (χ4n) is 1.87. The molecule has 1 aliphatic rings. The molecular formula is C12H14N4O2. The van der Waals surface area contributed by atoms with Crippen molar-refractivity contribution >= 4 is 5.95 Å². The number of hydrogen-bond acceptors (Lipinski definition) is 5. The minimum Gasteiger partial charge on any atom is -0.490 e. The second-order valence-electron chi connectivity index (χ2n) is 4.10. The van der Waals surface area contributed by atoms with Crippen molar-refractivity contribution in [3.63, 3.8) is 0 Å². The molecule has 0 bridgehead atoms. The summed E-state index contributed by atoms with van der Waals surface area (Å²) >= 11 is 0. The quantitative estimate of drug-likeness (QED) is 0.733. The molecule has 18 heavy (non-hydrogen) atoms.